The summed E-state index contributed by atoms with van der Waals surface area (Å²) in [4.78, 5) is 12.3. The van der Waals surface area contributed by atoms with E-state index in [1.165, 1.54) is 5.56 Å². The summed E-state index contributed by atoms with van der Waals surface area (Å²) in [6.45, 7) is 1.36. The molecular formula is C19H22N2O2. The predicted octanol–water partition coefficient (Wildman–Crippen LogP) is 3.17. The van der Waals surface area contributed by atoms with Crippen molar-refractivity contribution < 1.29 is 9.53 Å². The van der Waals surface area contributed by atoms with Gasteiger partial charge in [-0.3, -0.25) is 4.79 Å². The second-order valence-corrected chi connectivity index (χ2v) is 5.90. The van der Waals surface area contributed by atoms with Crippen LogP contribution in [0.2, 0.25) is 0 Å². The largest absolute Gasteiger partial charge is 0.398 e. The number of hydrogen-bond donors (Lipinski definition) is 2. The van der Waals surface area contributed by atoms with E-state index in [4.69, 9.17) is 10.5 Å². The maximum absolute atomic E-state index is 12.3. The number of hydrogen-bond acceptors (Lipinski definition) is 3. The van der Waals surface area contributed by atoms with Gasteiger partial charge in [-0.2, -0.15) is 0 Å². The lowest BCUT2D eigenvalue weighted by Gasteiger charge is -2.32. The minimum absolute atomic E-state index is 0.0402. The van der Waals surface area contributed by atoms with E-state index in [9.17, 15) is 4.79 Å². The summed E-state index contributed by atoms with van der Waals surface area (Å²) in [7, 11) is 0. The van der Waals surface area contributed by atoms with E-state index in [0.717, 1.165) is 19.4 Å². The molecule has 0 bridgehead atoms. The first-order valence-electron chi connectivity index (χ1n) is 8.05. The monoisotopic (exact) mass is 310 g/mol. The molecule has 2 atom stereocenters. The molecule has 0 saturated carbocycles. The summed E-state index contributed by atoms with van der Waals surface area (Å²) in [5, 5.41) is 3.01. The standard InChI is InChI=1S/C19H22N2O2/c20-17-11-5-4-10-16(17)19(22)21-13-15-9-6-12-23-18(15)14-7-2-1-3-8-14/h1-5,7-8,10-11,15,18H,6,9,12-13,20H2,(H,21,22). The highest BCUT2D eigenvalue weighted by atomic mass is 16.5. The zero-order valence-electron chi connectivity index (χ0n) is 13.1. The number of nitrogens with two attached hydrogens (primary N) is 1. The normalized spacial score (nSPS) is 20.9. The molecule has 3 rings (SSSR count). The molecular weight excluding hydrogens is 288 g/mol. The Bertz CT molecular complexity index is 657. The van der Waals surface area contributed by atoms with Crippen LogP contribution in [0.3, 0.4) is 0 Å². The molecule has 0 aromatic heterocycles. The SMILES string of the molecule is Nc1ccccc1C(=O)NCC1CCCOC1c1ccccc1. The van der Waals surface area contributed by atoms with Crippen LogP contribution in [0.25, 0.3) is 0 Å². The molecule has 23 heavy (non-hydrogen) atoms. The first-order valence-corrected chi connectivity index (χ1v) is 8.05. The molecule has 1 heterocycles. The highest BCUT2D eigenvalue weighted by Gasteiger charge is 2.27. The van der Waals surface area contributed by atoms with Crippen LogP contribution in [0.15, 0.2) is 54.6 Å². The number of anilines is 1. The van der Waals surface area contributed by atoms with Gasteiger partial charge in [0.05, 0.1) is 11.7 Å². The Hall–Kier alpha value is -2.33. The van der Waals surface area contributed by atoms with Gasteiger partial charge in [-0.25, -0.2) is 0 Å². The molecule has 0 spiro atoms. The first-order chi connectivity index (χ1) is 11.3. The quantitative estimate of drug-likeness (QED) is 0.853. The molecule has 1 saturated heterocycles. The van der Waals surface area contributed by atoms with Crippen molar-refractivity contribution in [2.45, 2.75) is 18.9 Å². The summed E-state index contributed by atoms with van der Waals surface area (Å²) < 4.78 is 5.96. The molecule has 3 N–H and O–H groups in total. The lowest BCUT2D eigenvalue weighted by atomic mass is 9.89. The highest BCUT2D eigenvalue weighted by Crippen LogP contribution is 2.33. The fourth-order valence-electron chi connectivity index (χ4n) is 3.09. The number of carbonyl (C=O) groups is 1. The van der Waals surface area contributed by atoms with Crippen LogP contribution >= 0.6 is 0 Å². The topological polar surface area (TPSA) is 64.4 Å². The maximum atomic E-state index is 12.3. The lowest BCUT2D eigenvalue weighted by Crippen LogP contribution is -2.35. The van der Waals surface area contributed by atoms with Crippen LogP contribution in [-0.2, 0) is 4.74 Å². The van der Waals surface area contributed by atoms with Gasteiger partial charge in [0, 0.05) is 24.8 Å². The second kappa shape index (κ2) is 7.29. The zero-order chi connectivity index (χ0) is 16.1. The third-order valence-corrected chi connectivity index (χ3v) is 4.30. The van der Waals surface area contributed by atoms with Gasteiger partial charge < -0.3 is 15.8 Å². The summed E-state index contributed by atoms with van der Waals surface area (Å²) in [5.74, 6) is 0.153. The number of para-hydroxylation sites is 1. The van der Waals surface area contributed by atoms with Gasteiger partial charge in [-0.05, 0) is 30.5 Å². The van der Waals surface area contributed by atoms with E-state index in [-0.39, 0.29) is 17.9 Å². The number of nitrogens with one attached hydrogen (secondary N) is 1. The lowest BCUT2D eigenvalue weighted by molar-refractivity contribution is -0.0272. The van der Waals surface area contributed by atoms with Crippen molar-refractivity contribution in [1.82, 2.24) is 5.32 Å². The van der Waals surface area contributed by atoms with E-state index in [0.29, 0.717) is 17.8 Å². The van der Waals surface area contributed by atoms with E-state index in [1.807, 2.05) is 30.3 Å². The van der Waals surface area contributed by atoms with E-state index in [2.05, 4.69) is 17.4 Å². The number of ether oxygens (including phenoxy) is 1. The van der Waals surface area contributed by atoms with Crippen LogP contribution in [-0.4, -0.2) is 19.1 Å². The molecule has 0 radical (unpaired) electrons. The van der Waals surface area contributed by atoms with Crippen LogP contribution in [0, 0.1) is 5.92 Å². The van der Waals surface area contributed by atoms with Crippen LogP contribution in [0.5, 0.6) is 0 Å². The number of nitrogen functional groups attached to an aromatic ring is 1. The third-order valence-electron chi connectivity index (χ3n) is 4.30. The van der Waals surface area contributed by atoms with Gasteiger partial charge in [0.2, 0.25) is 0 Å². The predicted molar refractivity (Wildman–Crippen MR) is 91.0 cm³/mol. The summed E-state index contributed by atoms with van der Waals surface area (Å²) >= 11 is 0. The van der Waals surface area contributed by atoms with Crippen LogP contribution in [0.4, 0.5) is 5.69 Å². The summed E-state index contributed by atoms with van der Waals surface area (Å²) in [6.07, 6.45) is 2.11. The minimum atomic E-state index is -0.125. The molecule has 1 aliphatic rings. The van der Waals surface area contributed by atoms with Gasteiger partial charge in [0.15, 0.2) is 0 Å². The molecule has 1 amide bonds. The van der Waals surface area contributed by atoms with E-state index >= 15 is 0 Å². The Morgan fingerprint density at radius 3 is 2.65 bits per heavy atom. The van der Waals surface area contributed by atoms with Crippen molar-refractivity contribution in [2.75, 3.05) is 18.9 Å². The smallest absolute Gasteiger partial charge is 0.253 e. The number of amides is 1. The number of carbonyl (C=O) groups excluding carboxylic acids is 1. The van der Waals surface area contributed by atoms with Gasteiger partial charge >= 0.3 is 0 Å². The highest BCUT2D eigenvalue weighted by molar-refractivity contribution is 5.99. The van der Waals surface area contributed by atoms with Crippen molar-refractivity contribution in [2.24, 2.45) is 5.92 Å². The Morgan fingerprint density at radius 2 is 1.87 bits per heavy atom. The van der Waals surface area contributed by atoms with Crippen molar-refractivity contribution in [3.63, 3.8) is 0 Å². The molecule has 2 unspecified atom stereocenters. The van der Waals surface area contributed by atoms with Gasteiger partial charge in [0.1, 0.15) is 0 Å². The summed E-state index contributed by atoms with van der Waals surface area (Å²) in [5.41, 5.74) is 8.07. The molecule has 4 heteroatoms. The average Bonchev–Trinajstić information content (AvgIpc) is 2.61. The van der Waals surface area contributed by atoms with Crippen molar-refractivity contribution in [3.05, 3.63) is 65.7 Å². The molecule has 1 aliphatic heterocycles. The van der Waals surface area contributed by atoms with Gasteiger partial charge in [-0.15, -0.1) is 0 Å². The fraction of sp³-hybridized carbons (Fsp3) is 0.316. The Labute approximate surface area is 136 Å². The number of benzene rings is 2. The molecule has 4 nitrogen and oxygen atoms in total. The van der Waals surface area contributed by atoms with Gasteiger partial charge in [-0.1, -0.05) is 42.5 Å². The van der Waals surface area contributed by atoms with Gasteiger partial charge in [0.25, 0.3) is 5.91 Å². The minimum Gasteiger partial charge on any atom is -0.398 e. The fourth-order valence-corrected chi connectivity index (χ4v) is 3.09. The van der Waals surface area contributed by atoms with Crippen molar-refractivity contribution >= 4 is 11.6 Å². The average molecular weight is 310 g/mol. The molecule has 120 valence electrons. The Kier molecular flexibility index (Phi) is 4.93. The summed E-state index contributed by atoms with van der Waals surface area (Å²) in [6, 6.07) is 17.3. The molecule has 0 aliphatic carbocycles. The Morgan fingerprint density at radius 1 is 1.13 bits per heavy atom. The molecule has 1 fully saturated rings. The zero-order valence-corrected chi connectivity index (χ0v) is 13.1. The van der Waals surface area contributed by atoms with E-state index < -0.39 is 0 Å². The van der Waals surface area contributed by atoms with Crippen molar-refractivity contribution in [3.8, 4) is 0 Å². The van der Waals surface area contributed by atoms with Crippen LogP contribution in [0.1, 0.15) is 34.9 Å². The first kappa shape index (κ1) is 15.6. The van der Waals surface area contributed by atoms with Crippen molar-refractivity contribution in [1.29, 1.82) is 0 Å². The Balaban J connectivity index is 1.66. The molecule has 2 aromatic rings. The van der Waals surface area contributed by atoms with Crippen LogP contribution < -0.4 is 11.1 Å². The molecule has 2 aromatic carbocycles. The number of rotatable bonds is 4. The second-order valence-electron chi connectivity index (χ2n) is 5.90. The van der Waals surface area contributed by atoms with E-state index in [1.54, 1.807) is 12.1 Å². The third kappa shape index (κ3) is 3.71. The maximum Gasteiger partial charge on any atom is 0.253 e.